The fraction of sp³-hybridized carbons (Fsp3) is 0. The van der Waals surface area contributed by atoms with Gasteiger partial charge in [-0.3, -0.25) is 0 Å². The van der Waals surface area contributed by atoms with Crippen LogP contribution in [0.3, 0.4) is 0 Å². The summed E-state index contributed by atoms with van der Waals surface area (Å²) < 4.78 is 103. The van der Waals surface area contributed by atoms with Gasteiger partial charge >= 0.3 is 0 Å². The molecule has 11 rings (SSSR count). The smallest absolute Gasteiger partial charge is 0.164 e. The highest BCUT2D eigenvalue weighted by atomic mass is 16.3. The van der Waals surface area contributed by atoms with Crippen LogP contribution in [0, 0.1) is 0 Å². The van der Waals surface area contributed by atoms with Crippen LogP contribution in [0.2, 0.25) is 0 Å². The summed E-state index contributed by atoms with van der Waals surface area (Å²) >= 11 is 0. The second-order valence-electron chi connectivity index (χ2n) is 13.5. The Hall–Kier alpha value is -7.69. The van der Waals surface area contributed by atoms with Gasteiger partial charge in [0.1, 0.15) is 11.2 Å². The molecule has 0 aliphatic rings. The topological polar surface area (TPSA) is 51.8 Å². The number of benzene rings is 9. The Balaban J connectivity index is 1.17. The Morgan fingerprint density at radius 1 is 0.368 bits per heavy atom. The number of para-hydroxylation sites is 1. The fourth-order valence-electron chi connectivity index (χ4n) is 7.40. The van der Waals surface area contributed by atoms with Crippen molar-refractivity contribution in [1.29, 1.82) is 0 Å². The van der Waals surface area contributed by atoms with E-state index >= 15 is 0 Å². The molecule has 0 amide bonds. The molecule has 4 heteroatoms. The Kier molecular flexibility index (Phi) is 5.54. The Morgan fingerprint density at radius 2 is 1.04 bits per heavy atom. The van der Waals surface area contributed by atoms with E-state index in [1.165, 1.54) is 0 Å². The molecule has 0 bridgehead atoms. The summed E-state index contributed by atoms with van der Waals surface area (Å²) in [7, 11) is 0. The summed E-state index contributed by atoms with van der Waals surface area (Å²) in [5, 5.41) is 4.68. The first kappa shape index (κ1) is 23.3. The van der Waals surface area contributed by atoms with Gasteiger partial charge in [0.2, 0.25) is 0 Å². The average molecular weight is 739 g/mol. The SMILES string of the molecule is [2H]c1ccc2oc3cc(-c4ccccc4)c([2H])c(-c4ccc(-c5nc(-c6ccc7ccccc7c6)nc(-c6c([2H])c([2H])c(-c7c([2H])c([2H])c([2H])c([2H])c7[2H])c([2H])c6[2H])n5)c5ccccc45)c3c2c1. The number of furan rings is 1. The third-order valence-electron chi connectivity index (χ3n) is 10.1. The predicted octanol–water partition coefficient (Wildman–Crippen LogP) is 14.1. The molecule has 266 valence electrons. The van der Waals surface area contributed by atoms with Crippen LogP contribution < -0.4 is 0 Å². The van der Waals surface area contributed by atoms with Gasteiger partial charge < -0.3 is 4.42 Å². The van der Waals surface area contributed by atoms with Gasteiger partial charge in [-0.25, -0.2) is 15.0 Å². The second-order valence-corrected chi connectivity index (χ2v) is 13.5. The first-order chi connectivity index (χ1) is 32.8. The van der Waals surface area contributed by atoms with E-state index in [2.05, 4.69) is 0 Å². The normalized spacial score (nSPS) is 14.2. The maximum atomic E-state index is 9.83. The highest BCUT2D eigenvalue weighted by Gasteiger charge is 2.20. The van der Waals surface area contributed by atoms with Crippen molar-refractivity contribution in [2.45, 2.75) is 0 Å². The Labute approximate surface area is 344 Å². The van der Waals surface area contributed by atoms with Crippen LogP contribution in [0.15, 0.2) is 204 Å². The summed E-state index contributed by atoms with van der Waals surface area (Å²) in [5.74, 6) is 0.143. The maximum absolute atomic E-state index is 9.83. The Bertz CT molecular complexity index is 3890. The zero-order chi connectivity index (χ0) is 47.3. The van der Waals surface area contributed by atoms with Crippen molar-refractivity contribution >= 4 is 43.5 Å². The number of aromatic nitrogens is 3. The van der Waals surface area contributed by atoms with Crippen molar-refractivity contribution < 1.29 is 19.5 Å². The molecule has 9 aromatic carbocycles. The molecule has 0 atom stereocenters. The minimum atomic E-state index is -0.672. The Morgan fingerprint density at radius 3 is 1.86 bits per heavy atom. The van der Waals surface area contributed by atoms with Crippen LogP contribution >= 0.6 is 0 Å². The van der Waals surface area contributed by atoms with Gasteiger partial charge in [0, 0.05) is 27.5 Å². The van der Waals surface area contributed by atoms with Crippen LogP contribution in [0.4, 0.5) is 0 Å². The van der Waals surface area contributed by atoms with Crippen LogP contribution in [0.5, 0.6) is 0 Å². The lowest BCUT2D eigenvalue weighted by Crippen LogP contribution is -2.01. The van der Waals surface area contributed by atoms with E-state index in [0.29, 0.717) is 61.2 Å². The number of nitrogens with zero attached hydrogens (tertiary/aromatic N) is 3. The molecule has 0 radical (unpaired) electrons. The van der Waals surface area contributed by atoms with Crippen molar-refractivity contribution in [1.82, 2.24) is 15.0 Å². The molecule has 57 heavy (non-hydrogen) atoms. The van der Waals surface area contributed by atoms with E-state index in [0.717, 1.165) is 21.7 Å². The van der Waals surface area contributed by atoms with E-state index in [4.69, 9.17) is 30.3 Å². The summed E-state index contributed by atoms with van der Waals surface area (Å²) in [6, 6.07) is 36.3. The molecule has 0 fully saturated rings. The standard InChI is InChI=1S/C53H33N3O/c1-3-13-34(14-4-1)37-23-26-38(27-24-37)51-54-52(40-28-25-36-17-7-8-18-39(36)31-40)56-53(55-51)45-30-29-44(42-19-9-10-20-43(42)45)47-32-41(35-15-5-2-6-16-35)33-49-50(47)46-21-11-12-22-48(46)57-49/h1-33H/i1D,3D,4D,11D,13D,14D,23D,24D,26D,27D,32D. The number of hydrogen-bond acceptors (Lipinski definition) is 4. The second kappa shape index (κ2) is 13.6. The maximum Gasteiger partial charge on any atom is 0.164 e. The molecule has 0 spiro atoms. The lowest BCUT2D eigenvalue weighted by atomic mass is 9.90. The van der Waals surface area contributed by atoms with Gasteiger partial charge in [0.25, 0.3) is 0 Å². The van der Waals surface area contributed by atoms with Gasteiger partial charge in [0.15, 0.2) is 17.5 Å². The van der Waals surface area contributed by atoms with Crippen LogP contribution in [0.1, 0.15) is 15.1 Å². The third-order valence-corrected chi connectivity index (χ3v) is 10.1. The molecule has 4 nitrogen and oxygen atoms in total. The van der Waals surface area contributed by atoms with Crippen molar-refractivity contribution in [3.63, 3.8) is 0 Å². The van der Waals surface area contributed by atoms with Crippen molar-refractivity contribution in [3.8, 4) is 67.5 Å². The van der Waals surface area contributed by atoms with Gasteiger partial charge in [-0.15, -0.1) is 0 Å². The van der Waals surface area contributed by atoms with E-state index < -0.39 is 65.5 Å². The van der Waals surface area contributed by atoms with Crippen molar-refractivity contribution in [3.05, 3.63) is 200 Å². The van der Waals surface area contributed by atoms with Gasteiger partial charge in [-0.2, -0.15) is 0 Å². The highest BCUT2D eigenvalue weighted by Crippen LogP contribution is 2.44. The van der Waals surface area contributed by atoms with E-state index in [1.54, 1.807) is 18.2 Å². The number of rotatable bonds is 6. The molecule has 2 aromatic heterocycles. The third kappa shape index (κ3) is 5.83. The minimum Gasteiger partial charge on any atom is -0.456 e. The van der Waals surface area contributed by atoms with Gasteiger partial charge in [-0.05, 0) is 85.2 Å². The van der Waals surface area contributed by atoms with Crippen LogP contribution in [-0.4, -0.2) is 15.0 Å². The molecule has 0 saturated heterocycles. The summed E-state index contributed by atoms with van der Waals surface area (Å²) in [6.07, 6.45) is 0. The first-order valence-corrected chi connectivity index (χ1v) is 18.3. The molecule has 0 N–H and O–H groups in total. The summed E-state index contributed by atoms with van der Waals surface area (Å²) in [6.45, 7) is 0. The lowest BCUT2D eigenvalue weighted by molar-refractivity contribution is 0.669. The summed E-state index contributed by atoms with van der Waals surface area (Å²) in [5.41, 5.74) is 3.88. The predicted molar refractivity (Wildman–Crippen MR) is 235 cm³/mol. The number of fused-ring (bicyclic) bond motifs is 5. The molecular formula is C53H33N3O. The van der Waals surface area contributed by atoms with Crippen molar-refractivity contribution in [2.24, 2.45) is 0 Å². The fourth-order valence-corrected chi connectivity index (χ4v) is 7.40. The van der Waals surface area contributed by atoms with Gasteiger partial charge in [-0.1, -0.05) is 170 Å². The quantitative estimate of drug-likeness (QED) is 0.170. The molecule has 0 saturated carbocycles. The molecule has 0 unspecified atom stereocenters. The first-order valence-electron chi connectivity index (χ1n) is 23.8. The zero-order valence-electron chi connectivity index (χ0n) is 41.0. The van der Waals surface area contributed by atoms with E-state index in [-0.39, 0.29) is 29.1 Å². The monoisotopic (exact) mass is 738 g/mol. The van der Waals surface area contributed by atoms with Crippen LogP contribution in [-0.2, 0) is 0 Å². The molecule has 2 heterocycles. The molecule has 0 aliphatic heterocycles. The molecule has 0 aliphatic carbocycles. The number of hydrogen-bond donors (Lipinski definition) is 0. The minimum absolute atomic E-state index is 0.148. The van der Waals surface area contributed by atoms with Gasteiger partial charge in [0.05, 0.1) is 15.1 Å². The molecule has 11 aromatic rings. The molecular weight excluding hydrogens is 695 g/mol. The van der Waals surface area contributed by atoms with E-state index in [1.807, 2.05) is 115 Å². The van der Waals surface area contributed by atoms with E-state index in [9.17, 15) is 4.11 Å². The summed E-state index contributed by atoms with van der Waals surface area (Å²) in [4.78, 5) is 14.7. The average Bonchev–Trinajstić information content (AvgIpc) is 3.72. The zero-order valence-corrected chi connectivity index (χ0v) is 30.0. The van der Waals surface area contributed by atoms with Crippen molar-refractivity contribution in [2.75, 3.05) is 0 Å². The lowest BCUT2D eigenvalue weighted by Gasteiger charge is -2.15. The van der Waals surface area contributed by atoms with Crippen LogP contribution in [0.25, 0.3) is 111 Å². The largest absolute Gasteiger partial charge is 0.456 e. The highest BCUT2D eigenvalue weighted by molar-refractivity contribution is 6.17.